The minimum atomic E-state index is -0.484. The third-order valence-corrected chi connectivity index (χ3v) is 5.46. The number of hydrogen-bond acceptors (Lipinski definition) is 4. The molecule has 6 heteroatoms. The summed E-state index contributed by atoms with van der Waals surface area (Å²) in [7, 11) is 1.55. The van der Waals surface area contributed by atoms with E-state index in [1.54, 1.807) is 31.4 Å². The zero-order valence-corrected chi connectivity index (χ0v) is 19.7. The summed E-state index contributed by atoms with van der Waals surface area (Å²) in [5, 5.41) is 12.3. The van der Waals surface area contributed by atoms with E-state index in [0.29, 0.717) is 33.8 Å². The molecule has 0 aliphatic heterocycles. The average Bonchev–Trinajstić information content (AvgIpc) is 2.79. The highest BCUT2D eigenvalue weighted by atomic mass is 79.9. The number of anilines is 1. The van der Waals surface area contributed by atoms with Crippen molar-refractivity contribution >= 4 is 33.6 Å². The quantitative estimate of drug-likeness (QED) is 0.316. The van der Waals surface area contributed by atoms with Crippen LogP contribution in [0.4, 0.5) is 5.69 Å². The number of rotatable bonds is 7. The summed E-state index contributed by atoms with van der Waals surface area (Å²) in [6.45, 7) is 4.39. The van der Waals surface area contributed by atoms with Gasteiger partial charge in [-0.15, -0.1) is 0 Å². The maximum atomic E-state index is 12.6. The van der Waals surface area contributed by atoms with Crippen molar-refractivity contribution in [2.75, 3.05) is 12.4 Å². The summed E-state index contributed by atoms with van der Waals surface area (Å²) in [6.07, 6.45) is 1.51. The van der Waals surface area contributed by atoms with E-state index >= 15 is 0 Å². The lowest BCUT2D eigenvalue weighted by Gasteiger charge is -2.13. The highest BCUT2D eigenvalue weighted by Crippen LogP contribution is 2.35. The first kappa shape index (κ1) is 23.1. The van der Waals surface area contributed by atoms with E-state index in [1.807, 2.05) is 56.3 Å². The zero-order valence-electron chi connectivity index (χ0n) is 18.1. The first-order chi connectivity index (χ1) is 15.4. The monoisotopic (exact) mass is 490 g/mol. The lowest BCUT2D eigenvalue weighted by molar-refractivity contribution is -0.112. The van der Waals surface area contributed by atoms with E-state index in [1.165, 1.54) is 11.6 Å². The van der Waals surface area contributed by atoms with Crippen LogP contribution in [0.5, 0.6) is 11.5 Å². The van der Waals surface area contributed by atoms with Crippen molar-refractivity contribution in [3.63, 3.8) is 0 Å². The van der Waals surface area contributed by atoms with Crippen LogP contribution < -0.4 is 14.8 Å². The van der Waals surface area contributed by atoms with Gasteiger partial charge in [0.2, 0.25) is 0 Å². The zero-order chi connectivity index (χ0) is 23.1. The van der Waals surface area contributed by atoms with E-state index in [4.69, 9.17) is 9.47 Å². The third kappa shape index (κ3) is 5.99. The van der Waals surface area contributed by atoms with Gasteiger partial charge >= 0.3 is 0 Å². The maximum absolute atomic E-state index is 12.6. The van der Waals surface area contributed by atoms with Crippen LogP contribution in [0, 0.1) is 25.2 Å². The molecule has 0 saturated carbocycles. The Balaban J connectivity index is 1.80. The molecule has 3 rings (SSSR count). The van der Waals surface area contributed by atoms with Crippen molar-refractivity contribution < 1.29 is 14.3 Å². The lowest BCUT2D eigenvalue weighted by atomic mass is 10.1. The number of benzene rings is 3. The molecule has 0 aliphatic carbocycles. The smallest absolute Gasteiger partial charge is 0.266 e. The molecular formula is C26H23BrN2O3. The number of nitrogens with zero attached hydrogens (tertiary/aromatic N) is 1. The molecule has 0 aliphatic rings. The minimum Gasteiger partial charge on any atom is -0.493 e. The first-order valence-corrected chi connectivity index (χ1v) is 10.7. The van der Waals surface area contributed by atoms with Crippen LogP contribution in [0.15, 0.2) is 70.7 Å². The lowest BCUT2D eigenvalue weighted by Crippen LogP contribution is -2.13. The molecule has 0 atom stereocenters. The summed E-state index contributed by atoms with van der Waals surface area (Å²) in [4.78, 5) is 12.6. The van der Waals surface area contributed by atoms with Crippen molar-refractivity contribution in [1.82, 2.24) is 0 Å². The summed E-state index contributed by atoms with van der Waals surface area (Å²) in [5.74, 6) is 0.574. The molecular weight excluding hydrogens is 468 g/mol. The Kier molecular flexibility index (Phi) is 7.69. The van der Waals surface area contributed by atoms with E-state index < -0.39 is 5.91 Å². The van der Waals surface area contributed by atoms with Crippen LogP contribution in [-0.2, 0) is 11.4 Å². The molecule has 0 unspecified atom stereocenters. The van der Waals surface area contributed by atoms with Gasteiger partial charge in [0.15, 0.2) is 11.5 Å². The number of ether oxygens (including phenoxy) is 2. The molecule has 0 radical (unpaired) electrons. The first-order valence-electron chi connectivity index (χ1n) is 9.95. The second-order valence-corrected chi connectivity index (χ2v) is 8.14. The molecule has 1 amide bonds. The number of carbonyl (C=O) groups is 1. The molecule has 0 saturated heterocycles. The van der Waals surface area contributed by atoms with Gasteiger partial charge in [0.05, 0.1) is 7.11 Å². The normalized spacial score (nSPS) is 10.9. The Bertz CT molecular complexity index is 1180. The fraction of sp³-hybridized carbons (Fsp3) is 0.154. The van der Waals surface area contributed by atoms with Crippen LogP contribution >= 0.6 is 15.9 Å². The Morgan fingerprint density at radius 1 is 1.03 bits per heavy atom. The standard InChI is InChI=1S/C26H23BrN2O3/c1-17-4-8-19(9-5-17)16-32-25-14-23(27)20(13-24(25)31-3)12-21(15-28)26(30)29-22-10-6-18(2)7-11-22/h4-14H,16H2,1-3H3,(H,29,30). The highest BCUT2D eigenvalue weighted by Gasteiger charge is 2.14. The number of hydrogen-bond donors (Lipinski definition) is 1. The SMILES string of the molecule is COc1cc(C=C(C#N)C(=O)Nc2ccc(C)cc2)c(Br)cc1OCc1ccc(C)cc1. The molecule has 0 spiro atoms. The van der Waals surface area contributed by atoms with Crippen molar-refractivity contribution in [2.45, 2.75) is 20.5 Å². The minimum absolute atomic E-state index is 0.0262. The Hall–Kier alpha value is -3.56. The summed E-state index contributed by atoms with van der Waals surface area (Å²) >= 11 is 3.51. The second-order valence-electron chi connectivity index (χ2n) is 7.29. The molecule has 0 aromatic heterocycles. The summed E-state index contributed by atoms with van der Waals surface area (Å²) < 4.78 is 12.1. The van der Waals surface area contributed by atoms with E-state index in [9.17, 15) is 10.1 Å². The number of aryl methyl sites for hydroxylation is 2. The molecule has 0 fully saturated rings. The molecule has 1 N–H and O–H groups in total. The maximum Gasteiger partial charge on any atom is 0.266 e. The van der Waals surface area contributed by atoms with Gasteiger partial charge in [-0.3, -0.25) is 4.79 Å². The van der Waals surface area contributed by atoms with Crippen molar-refractivity contribution in [2.24, 2.45) is 0 Å². The van der Waals surface area contributed by atoms with Crippen molar-refractivity contribution in [1.29, 1.82) is 5.26 Å². The van der Waals surface area contributed by atoms with Gasteiger partial charge in [0, 0.05) is 10.2 Å². The van der Waals surface area contributed by atoms with Gasteiger partial charge in [-0.25, -0.2) is 0 Å². The molecule has 3 aromatic rings. The van der Waals surface area contributed by atoms with Crippen LogP contribution in [0.2, 0.25) is 0 Å². The van der Waals surface area contributed by atoms with Gasteiger partial charge in [-0.1, -0.05) is 63.5 Å². The van der Waals surface area contributed by atoms with E-state index in [2.05, 4.69) is 21.2 Å². The van der Waals surface area contributed by atoms with Gasteiger partial charge < -0.3 is 14.8 Å². The Morgan fingerprint density at radius 3 is 2.25 bits per heavy atom. The molecule has 0 heterocycles. The highest BCUT2D eigenvalue weighted by molar-refractivity contribution is 9.10. The van der Waals surface area contributed by atoms with Gasteiger partial charge in [0.1, 0.15) is 18.2 Å². The van der Waals surface area contributed by atoms with E-state index in [-0.39, 0.29) is 5.57 Å². The number of carbonyl (C=O) groups excluding carboxylic acids is 1. The largest absolute Gasteiger partial charge is 0.493 e. The number of nitriles is 1. The van der Waals surface area contributed by atoms with Crippen LogP contribution in [0.3, 0.4) is 0 Å². The fourth-order valence-corrected chi connectivity index (χ4v) is 3.36. The average molecular weight is 491 g/mol. The fourth-order valence-electron chi connectivity index (χ4n) is 2.92. The second kappa shape index (κ2) is 10.7. The molecule has 0 bridgehead atoms. The molecule has 3 aromatic carbocycles. The Labute approximate surface area is 196 Å². The molecule has 32 heavy (non-hydrogen) atoms. The van der Waals surface area contributed by atoms with Gasteiger partial charge in [0.25, 0.3) is 5.91 Å². The molecule has 162 valence electrons. The van der Waals surface area contributed by atoms with Crippen LogP contribution in [0.1, 0.15) is 22.3 Å². The number of methoxy groups -OCH3 is 1. The summed E-state index contributed by atoms with van der Waals surface area (Å²) in [6, 6.07) is 20.9. The summed E-state index contributed by atoms with van der Waals surface area (Å²) in [5.41, 5.74) is 4.53. The van der Waals surface area contributed by atoms with Gasteiger partial charge in [-0.05, 0) is 55.3 Å². The topological polar surface area (TPSA) is 71.3 Å². The molecule has 5 nitrogen and oxygen atoms in total. The van der Waals surface area contributed by atoms with Crippen molar-refractivity contribution in [3.05, 3.63) is 93.0 Å². The number of halogens is 1. The Morgan fingerprint density at radius 2 is 1.66 bits per heavy atom. The number of amides is 1. The van der Waals surface area contributed by atoms with Crippen LogP contribution in [0.25, 0.3) is 6.08 Å². The predicted octanol–water partition coefficient (Wildman–Crippen LogP) is 6.20. The number of nitrogens with one attached hydrogen (secondary N) is 1. The third-order valence-electron chi connectivity index (χ3n) is 4.77. The van der Waals surface area contributed by atoms with E-state index in [0.717, 1.165) is 11.1 Å². The van der Waals surface area contributed by atoms with Crippen molar-refractivity contribution in [3.8, 4) is 17.6 Å². The van der Waals surface area contributed by atoms with Gasteiger partial charge in [-0.2, -0.15) is 5.26 Å². The van der Waals surface area contributed by atoms with Crippen LogP contribution in [-0.4, -0.2) is 13.0 Å². The predicted molar refractivity (Wildman–Crippen MR) is 130 cm³/mol.